The van der Waals surface area contributed by atoms with Crippen LogP contribution in [0.1, 0.15) is 18.4 Å². The summed E-state index contributed by atoms with van der Waals surface area (Å²) < 4.78 is 25.8. The smallest absolute Gasteiger partial charge is 0.276 e. The normalized spacial score (nSPS) is 20.6. The first kappa shape index (κ1) is 16.1. The topological polar surface area (TPSA) is 96.8 Å². The van der Waals surface area contributed by atoms with E-state index in [9.17, 15) is 8.42 Å². The van der Waals surface area contributed by atoms with Crippen LogP contribution in [-0.4, -0.2) is 53.5 Å². The Morgan fingerprint density at radius 3 is 2.71 bits per heavy atom. The molecule has 1 spiro atoms. The van der Waals surface area contributed by atoms with Gasteiger partial charge >= 0.3 is 0 Å². The van der Waals surface area contributed by atoms with Gasteiger partial charge in [0.05, 0.1) is 0 Å². The van der Waals surface area contributed by atoms with Gasteiger partial charge in [0.1, 0.15) is 17.0 Å². The van der Waals surface area contributed by atoms with Gasteiger partial charge in [-0.05, 0) is 31.4 Å². The molecule has 3 heterocycles. The highest BCUT2D eigenvalue weighted by Crippen LogP contribution is 2.51. The Labute approximate surface area is 145 Å². The highest BCUT2D eigenvalue weighted by molar-refractivity contribution is 7.86. The van der Waals surface area contributed by atoms with Crippen LogP contribution in [0.5, 0.6) is 0 Å². The minimum atomic E-state index is -3.61. The van der Waals surface area contributed by atoms with E-state index in [-0.39, 0.29) is 11.5 Å². The molecule has 130 valence electrons. The standard InChI is InChI=1S/C14H19ClN6O2S/c1-9-3-11(15)21-12(9)13(17-8-18-21)20-6-14(7-20)4-10(5-14)19(2)24(16,22)23/h3,8,10H,4-7H2,1-2H3,(H2,16,22,23). The Kier molecular flexibility index (Phi) is 3.38. The molecule has 2 fully saturated rings. The summed E-state index contributed by atoms with van der Waals surface area (Å²) in [5.74, 6) is 0.878. The highest BCUT2D eigenvalue weighted by Gasteiger charge is 2.55. The van der Waals surface area contributed by atoms with Crippen molar-refractivity contribution in [1.29, 1.82) is 0 Å². The van der Waals surface area contributed by atoms with Gasteiger partial charge in [0.2, 0.25) is 0 Å². The fourth-order valence-corrected chi connectivity index (χ4v) is 4.82. The first-order chi connectivity index (χ1) is 11.2. The summed E-state index contributed by atoms with van der Waals surface area (Å²) in [4.78, 5) is 6.63. The van der Waals surface area contributed by atoms with E-state index in [0.29, 0.717) is 5.15 Å². The summed E-state index contributed by atoms with van der Waals surface area (Å²) >= 11 is 6.19. The fourth-order valence-electron chi connectivity index (χ4n) is 3.97. The van der Waals surface area contributed by atoms with Crippen LogP contribution >= 0.6 is 11.6 Å². The molecule has 10 heteroatoms. The number of nitrogens with two attached hydrogens (primary N) is 1. The van der Waals surface area contributed by atoms with Crippen molar-refractivity contribution in [1.82, 2.24) is 18.9 Å². The van der Waals surface area contributed by atoms with Crippen molar-refractivity contribution in [3.8, 4) is 0 Å². The lowest BCUT2D eigenvalue weighted by molar-refractivity contribution is 0.0207. The van der Waals surface area contributed by atoms with Gasteiger partial charge in [-0.1, -0.05) is 11.6 Å². The van der Waals surface area contributed by atoms with Gasteiger partial charge in [-0.15, -0.1) is 0 Å². The summed E-state index contributed by atoms with van der Waals surface area (Å²) in [6.45, 7) is 3.71. The average Bonchev–Trinajstić information content (AvgIpc) is 2.70. The summed E-state index contributed by atoms with van der Waals surface area (Å²) in [6, 6.07) is 1.88. The van der Waals surface area contributed by atoms with Crippen LogP contribution < -0.4 is 10.0 Å². The molecule has 24 heavy (non-hydrogen) atoms. The molecule has 0 unspecified atom stereocenters. The van der Waals surface area contributed by atoms with Gasteiger partial charge < -0.3 is 4.90 Å². The molecule has 1 aliphatic heterocycles. The summed E-state index contributed by atoms with van der Waals surface area (Å²) in [5, 5.41) is 9.96. The molecule has 2 aliphatic rings. The molecule has 1 saturated carbocycles. The Balaban J connectivity index is 1.50. The van der Waals surface area contributed by atoms with E-state index in [1.54, 1.807) is 11.6 Å². The number of aromatic nitrogens is 3. The predicted molar refractivity (Wildman–Crippen MR) is 91.3 cm³/mol. The van der Waals surface area contributed by atoms with Gasteiger partial charge in [-0.3, -0.25) is 0 Å². The van der Waals surface area contributed by atoms with Gasteiger partial charge in [0.15, 0.2) is 5.82 Å². The predicted octanol–water partition coefficient (Wildman–Crippen LogP) is 0.795. The molecular formula is C14H19ClN6O2S. The van der Waals surface area contributed by atoms with Gasteiger partial charge in [-0.2, -0.15) is 17.8 Å². The largest absolute Gasteiger partial charge is 0.354 e. The Morgan fingerprint density at radius 1 is 1.42 bits per heavy atom. The number of hydrogen-bond donors (Lipinski definition) is 1. The monoisotopic (exact) mass is 370 g/mol. The van der Waals surface area contributed by atoms with Crippen LogP contribution in [0.2, 0.25) is 5.15 Å². The van der Waals surface area contributed by atoms with Crippen molar-refractivity contribution in [2.24, 2.45) is 10.6 Å². The molecule has 0 amide bonds. The third kappa shape index (κ3) is 2.30. The molecule has 8 nitrogen and oxygen atoms in total. The second-order valence-electron chi connectivity index (χ2n) is 6.97. The zero-order valence-electron chi connectivity index (χ0n) is 13.5. The molecule has 0 radical (unpaired) electrons. The zero-order chi connectivity index (χ0) is 17.3. The van der Waals surface area contributed by atoms with E-state index < -0.39 is 10.2 Å². The highest BCUT2D eigenvalue weighted by atomic mass is 35.5. The van der Waals surface area contributed by atoms with Crippen LogP contribution in [0.15, 0.2) is 12.4 Å². The van der Waals surface area contributed by atoms with Crippen molar-refractivity contribution < 1.29 is 8.42 Å². The molecule has 0 atom stereocenters. The number of aryl methyl sites for hydroxylation is 1. The number of anilines is 1. The molecular weight excluding hydrogens is 352 g/mol. The van der Waals surface area contributed by atoms with Crippen molar-refractivity contribution >= 4 is 33.1 Å². The van der Waals surface area contributed by atoms with Crippen LogP contribution in [0.4, 0.5) is 5.82 Å². The number of fused-ring (bicyclic) bond motifs is 1. The number of rotatable bonds is 3. The third-order valence-electron chi connectivity index (χ3n) is 5.29. The zero-order valence-corrected chi connectivity index (χ0v) is 15.0. The second kappa shape index (κ2) is 5.04. The van der Waals surface area contributed by atoms with E-state index in [4.69, 9.17) is 16.7 Å². The maximum atomic E-state index is 11.4. The van der Waals surface area contributed by atoms with E-state index in [1.165, 1.54) is 10.6 Å². The van der Waals surface area contributed by atoms with E-state index in [2.05, 4.69) is 15.0 Å². The minimum absolute atomic E-state index is 0.00273. The van der Waals surface area contributed by atoms with Crippen molar-refractivity contribution in [2.45, 2.75) is 25.8 Å². The molecule has 2 aromatic heterocycles. The minimum Gasteiger partial charge on any atom is -0.354 e. The van der Waals surface area contributed by atoms with Gasteiger partial charge in [0, 0.05) is 31.6 Å². The van der Waals surface area contributed by atoms with E-state index in [0.717, 1.165) is 42.8 Å². The Morgan fingerprint density at radius 2 is 2.08 bits per heavy atom. The van der Waals surface area contributed by atoms with Crippen LogP contribution in [-0.2, 0) is 10.2 Å². The van der Waals surface area contributed by atoms with Gasteiger partial charge in [0.25, 0.3) is 10.2 Å². The maximum Gasteiger partial charge on any atom is 0.276 e. The lowest BCUT2D eigenvalue weighted by Gasteiger charge is -2.60. The van der Waals surface area contributed by atoms with Crippen LogP contribution in [0.3, 0.4) is 0 Å². The second-order valence-corrected chi connectivity index (χ2v) is 8.97. The molecule has 0 bridgehead atoms. The molecule has 0 aromatic carbocycles. The Bertz CT molecular complexity index is 913. The fraction of sp³-hybridized carbons (Fsp3) is 0.571. The number of nitrogens with zero attached hydrogens (tertiary/aromatic N) is 5. The first-order valence-corrected chi connectivity index (χ1v) is 9.58. The molecule has 2 N–H and O–H groups in total. The molecule has 1 aliphatic carbocycles. The van der Waals surface area contributed by atoms with Crippen molar-refractivity contribution in [2.75, 3.05) is 25.0 Å². The maximum absolute atomic E-state index is 11.4. The van der Waals surface area contributed by atoms with Gasteiger partial charge in [-0.25, -0.2) is 14.6 Å². The quantitative estimate of drug-likeness (QED) is 0.861. The summed E-state index contributed by atoms with van der Waals surface area (Å²) in [5.41, 5.74) is 2.13. The average molecular weight is 371 g/mol. The van der Waals surface area contributed by atoms with Crippen LogP contribution in [0.25, 0.3) is 5.52 Å². The van der Waals surface area contributed by atoms with Crippen molar-refractivity contribution in [3.63, 3.8) is 0 Å². The summed E-state index contributed by atoms with van der Waals surface area (Å²) in [6.07, 6.45) is 3.17. The van der Waals surface area contributed by atoms with E-state index >= 15 is 0 Å². The lowest BCUT2D eigenvalue weighted by Crippen LogP contribution is -2.67. The first-order valence-electron chi connectivity index (χ1n) is 7.70. The van der Waals surface area contributed by atoms with E-state index in [1.807, 2.05) is 13.0 Å². The Hall–Kier alpha value is -1.42. The third-order valence-corrected chi connectivity index (χ3v) is 6.66. The number of hydrogen-bond acceptors (Lipinski definition) is 5. The summed E-state index contributed by atoms with van der Waals surface area (Å²) in [7, 11) is -2.07. The van der Waals surface area contributed by atoms with Crippen LogP contribution in [0, 0.1) is 12.3 Å². The molecule has 1 saturated heterocycles. The molecule has 2 aromatic rings. The number of halogens is 1. The SMILES string of the molecule is Cc1cc(Cl)n2ncnc(N3CC4(CC(N(C)S(N)(=O)=O)C4)C3)c12. The molecule has 4 rings (SSSR count). The van der Waals surface area contributed by atoms with Crippen molar-refractivity contribution in [3.05, 3.63) is 23.1 Å². The lowest BCUT2D eigenvalue weighted by atomic mass is 9.60.